The monoisotopic (exact) mass is 318 g/mol. The Morgan fingerprint density at radius 1 is 1.00 bits per heavy atom. The minimum absolute atomic E-state index is 0.0289. The van der Waals surface area contributed by atoms with Gasteiger partial charge in [-0.15, -0.1) is 5.41 Å². The molecular weight excluding hydrogens is 286 g/mol. The molecule has 0 aliphatic carbocycles. The van der Waals surface area contributed by atoms with Crippen molar-refractivity contribution in [2.45, 2.75) is 85.0 Å². The second kappa shape index (κ2) is 7.85. The zero-order valence-corrected chi connectivity index (χ0v) is 15.8. The first kappa shape index (κ1) is 19.5. The molecule has 0 N–H and O–H groups in total. The highest BCUT2D eigenvalue weighted by Gasteiger charge is 2.27. The highest BCUT2D eigenvalue weighted by atomic mass is 17.2. The number of nitrogens with zero attached hydrogens (tertiary/aromatic N) is 1. The maximum atomic E-state index is 9.65. The molecule has 0 atom stereocenters. The van der Waals surface area contributed by atoms with Gasteiger partial charge in [-0.2, -0.15) is 0 Å². The molecule has 0 fully saturated rings. The predicted octanol–water partition coefficient (Wildman–Crippen LogP) is 5.37. The summed E-state index contributed by atoms with van der Waals surface area (Å²) in [6, 6.07) is 6.27. The molecule has 1 aromatic rings. The lowest BCUT2D eigenvalue weighted by molar-refractivity contribution is -0.120. The Hall–Kier alpha value is -1.51. The van der Waals surface area contributed by atoms with E-state index in [1.807, 2.05) is 13.0 Å². The van der Waals surface area contributed by atoms with Crippen LogP contribution in [0.25, 0.3) is 0 Å². The molecule has 0 saturated heterocycles. The molecule has 129 valence electrons. The van der Waals surface area contributed by atoms with Crippen LogP contribution in [0.5, 0.6) is 5.75 Å². The van der Waals surface area contributed by atoms with E-state index in [0.717, 1.165) is 24.8 Å². The summed E-state index contributed by atoms with van der Waals surface area (Å²) in [5.41, 5.74) is 2.50. The van der Waals surface area contributed by atoms with Crippen LogP contribution in [0, 0.1) is 0 Å². The largest absolute Gasteiger partial charge is 0.288 e. The van der Waals surface area contributed by atoms with Crippen molar-refractivity contribution in [1.82, 2.24) is 5.41 Å². The van der Waals surface area contributed by atoms with Crippen LogP contribution in [0.1, 0.15) is 85.3 Å². The van der Waals surface area contributed by atoms with E-state index in [1.165, 1.54) is 5.56 Å². The van der Waals surface area contributed by atoms with E-state index in [4.69, 9.17) is 9.78 Å². The lowest BCUT2D eigenvalue weighted by Gasteiger charge is -2.29. The maximum absolute atomic E-state index is 9.65. The van der Waals surface area contributed by atoms with Gasteiger partial charge >= 0.3 is 0 Å². The van der Waals surface area contributed by atoms with Crippen molar-refractivity contribution < 1.29 is 9.78 Å². The van der Waals surface area contributed by atoms with Crippen molar-refractivity contribution in [2.24, 2.45) is 0 Å². The number of benzene rings is 1. The highest BCUT2D eigenvalue weighted by Crippen LogP contribution is 2.38. The summed E-state index contributed by atoms with van der Waals surface area (Å²) in [4.78, 5) is 10.5. The van der Waals surface area contributed by atoms with Crippen molar-refractivity contribution in [3.05, 3.63) is 29.3 Å². The molecule has 3 nitrogen and oxygen atoms in total. The third-order valence-corrected chi connectivity index (χ3v) is 4.95. The van der Waals surface area contributed by atoms with E-state index in [9.17, 15) is 5.41 Å². The molecule has 0 unspecified atom stereocenters. The lowest BCUT2D eigenvalue weighted by atomic mass is 9.76. The molecule has 1 radical (unpaired) electrons. The third kappa shape index (κ3) is 4.98. The van der Waals surface area contributed by atoms with E-state index in [-0.39, 0.29) is 16.7 Å². The van der Waals surface area contributed by atoms with Crippen LogP contribution in [0.2, 0.25) is 0 Å². The predicted molar refractivity (Wildman–Crippen MR) is 96.8 cm³/mol. The third-order valence-electron chi connectivity index (χ3n) is 4.95. The van der Waals surface area contributed by atoms with Crippen LogP contribution in [-0.4, -0.2) is 5.90 Å². The Labute approximate surface area is 141 Å². The van der Waals surface area contributed by atoms with Gasteiger partial charge in [0.1, 0.15) is 0 Å². The Kier molecular flexibility index (Phi) is 6.67. The average Bonchev–Trinajstić information content (AvgIpc) is 2.53. The summed E-state index contributed by atoms with van der Waals surface area (Å²) in [6.07, 6.45) is 3.35. The van der Waals surface area contributed by atoms with E-state index >= 15 is 0 Å². The summed E-state index contributed by atoms with van der Waals surface area (Å²) in [6.45, 7) is 15.3. The van der Waals surface area contributed by atoms with E-state index in [2.05, 4.69) is 53.7 Å². The SMILES string of the molecule is CCCC(=[N])OOc1ccc(C(C)(C)CC)cc1C(C)(C)CC. The molecule has 0 spiro atoms. The van der Waals surface area contributed by atoms with Gasteiger partial charge in [0.25, 0.3) is 5.90 Å². The van der Waals surface area contributed by atoms with Gasteiger partial charge in [-0.1, -0.05) is 60.6 Å². The Balaban J connectivity index is 3.17. The van der Waals surface area contributed by atoms with Crippen LogP contribution < -0.4 is 10.3 Å². The minimum atomic E-state index is -0.0780. The van der Waals surface area contributed by atoms with Crippen molar-refractivity contribution in [1.29, 1.82) is 0 Å². The van der Waals surface area contributed by atoms with Crippen LogP contribution >= 0.6 is 0 Å². The van der Waals surface area contributed by atoms with Crippen LogP contribution in [0.4, 0.5) is 0 Å². The Bertz CT molecular complexity index is 532. The lowest BCUT2D eigenvalue weighted by Crippen LogP contribution is -2.21. The normalized spacial score (nSPS) is 12.1. The molecule has 23 heavy (non-hydrogen) atoms. The van der Waals surface area contributed by atoms with Gasteiger partial charge in [0.15, 0.2) is 5.75 Å². The first-order valence-corrected chi connectivity index (χ1v) is 8.72. The number of rotatable bonds is 8. The van der Waals surface area contributed by atoms with Gasteiger partial charge in [-0.3, -0.25) is 9.78 Å². The Morgan fingerprint density at radius 3 is 2.13 bits per heavy atom. The Morgan fingerprint density at radius 2 is 1.61 bits per heavy atom. The van der Waals surface area contributed by atoms with Gasteiger partial charge in [-0.05, 0) is 41.7 Å². The van der Waals surface area contributed by atoms with Gasteiger partial charge in [0.05, 0.1) is 0 Å². The van der Waals surface area contributed by atoms with Crippen molar-refractivity contribution in [3.8, 4) is 5.75 Å². The van der Waals surface area contributed by atoms with E-state index in [0.29, 0.717) is 12.2 Å². The molecular formula is C20H32NO2. The second-order valence-corrected chi connectivity index (χ2v) is 7.50. The molecule has 0 saturated carbocycles. The molecule has 1 aromatic carbocycles. The average molecular weight is 318 g/mol. The standard InChI is InChI=1S/C20H32NO2/c1-8-11-18(21)23-22-17-13-12-15(19(4,5)9-2)14-16(17)20(6,7)10-3/h12-14H,8-11H2,1-7H3. The first-order chi connectivity index (χ1) is 10.7. The molecule has 3 heteroatoms. The summed E-state index contributed by atoms with van der Waals surface area (Å²) in [5, 5.41) is 9.65. The van der Waals surface area contributed by atoms with Crippen LogP contribution in [-0.2, 0) is 15.7 Å². The van der Waals surface area contributed by atoms with Gasteiger partial charge in [-0.25, -0.2) is 0 Å². The molecule has 0 aliphatic rings. The molecule has 0 bridgehead atoms. The summed E-state index contributed by atoms with van der Waals surface area (Å²) in [5.74, 6) is 0.598. The molecule has 1 rings (SSSR count). The van der Waals surface area contributed by atoms with E-state index < -0.39 is 0 Å². The smallest absolute Gasteiger partial charge is 0.264 e. The van der Waals surface area contributed by atoms with Crippen LogP contribution in [0.15, 0.2) is 18.2 Å². The molecule has 0 aromatic heterocycles. The van der Waals surface area contributed by atoms with Crippen LogP contribution in [0.3, 0.4) is 0 Å². The fourth-order valence-electron chi connectivity index (χ4n) is 2.30. The first-order valence-electron chi connectivity index (χ1n) is 8.72. The summed E-state index contributed by atoms with van der Waals surface area (Å²) in [7, 11) is 0. The second-order valence-electron chi connectivity index (χ2n) is 7.50. The molecule has 0 heterocycles. The summed E-state index contributed by atoms with van der Waals surface area (Å²) < 4.78 is 0. The topological polar surface area (TPSA) is 40.8 Å². The zero-order valence-electron chi connectivity index (χ0n) is 15.8. The summed E-state index contributed by atoms with van der Waals surface area (Å²) >= 11 is 0. The van der Waals surface area contributed by atoms with Gasteiger partial charge in [0, 0.05) is 12.0 Å². The van der Waals surface area contributed by atoms with Gasteiger partial charge in [0.2, 0.25) is 0 Å². The minimum Gasteiger partial charge on any atom is -0.288 e. The zero-order chi connectivity index (χ0) is 17.7. The van der Waals surface area contributed by atoms with Crippen molar-refractivity contribution in [2.75, 3.05) is 0 Å². The van der Waals surface area contributed by atoms with Gasteiger partial charge < -0.3 is 0 Å². The maximum Gasteiger partial charge on any atom is 0.264 e. The number of hydrogen-bond acceptors (Lipinski definition) is 2. The van der Waals surface area contributed by atoms with Crippen molar-refractivity contribution >= 4 is 5.90 Å². The highest BCUT2D eigenvalue weighted by molar-refractivity contribution is 5.73. The fourth-order valence-corrected chi connectivity index (χ4v) is 2.30. The number of hydrogen-bond donors (Lipinski definition) is 0. The van der Waals surface area contributed by atoms with E-state index in [1.54, 1.807) is 0 Å². The molecule has 0 aliphatic heterocycles. The quantitative estimate of drug-likeness (QED) is 0.280. The fraction of sp³-hybridized carbons (Fsp3) is 0.650. The molecule has 0 amide bonds. The van der Waals surface area contributed by atoms with Crippen molar-refractivity contribution in [3.63, 3.8) is 0 Å².